The quantitative estimate of drug-likeness (QED) is 0.396. The first-order valence-corrected chi connectivity index (χ1v) is 9.71. The smallest absolute Gasteiger partial charge is 0.0635 e. The zero-order valence-electron chi connectivity index (χ0n) is 16.4. The second kappa shape index (κ2) is 6.38. The van der Waals surface area contributed by atoms with Gasteiger partial charge in [-0.05, 0) is 48.7 Å². The fraction of sp³-hybridized carbons (Fsp3) is 0.160. The van der Waals surface area contributed by atoms with Gasteiger partial charge in [-0.25, -0.2) is 0 Å². The highest BCUT2D eigenvalue weighted by atomic mass is 15.1. The van der Waals surface area contributed by atoms with E-state index in [1.54, 1.807) is 0 Å². The van der Waals surface area contributed by atoms with Crippen LogP contribution in [-0.4, -0.2) is 15.2 Å². The minimum absolute atomic E-state index is 0.112. The monoisotopic (exact) mass is 365 g/mol. The lowest BCUT2D eigenvalue weighted by Gasteiger charge is -2.21. The van der Waals surface area contributed by atoms with Gasteiger partial charge in [-0.1, -0.05) is 60.7 Å². The minimum Gasteiger partial charge on any atom is -0.358 e. The Hall–Kier alpha value is -3.33. The molecule has 5 aromatic rings. The topological polar surface area (TPSA) is 44.5 Å². The molecule has 0 aliphatic heterocycles. The van der Waals surface area contributed by atoms with Crippen LogP contribution in [0.15, 0.2) is 66.7 Å². The SMILES string of the molecule is Cc1n[nH]c(C)c1[C@@H](c1cccc2ccccc12)c1c(C)[nH]c2ccccc12. The summed E-state index contributed by atoms with van der Waals surface area (Å²) in [5.41, 5.74) is 8.49. The number of aromatic amines is 2. The van der Waals surface area contributed by atoms with Crippen molar-refractivity contribution >= 4 is 21.7 Å². The lowest BCUT2D eigenvalue weighted by molar-refractivity contribution is 0.954. The van der Waals surface area contributed by atoms with Crippen molar-refractivity contribution in [3.05, 3.63) is 101 Å². The standard InChI is InChI=1S/C25H23N3/c1-15-24(21-12-6-7-14-22(21)26-15)25(23-16(2)27-28-17(23)3)20-13-8-10-18-9-4-5-11-19(18)20/h4-14,25-26H,1-3H3,(H,27,28)/t25-/m1/s1. The average Bonchev–Trinajstić information content (AvgIpc) is 3.22. The van der Waals surface area contributed by atoms with Crippen molar-refractivity contribution in [3.8, 4) is 0 Å². The molecule has 3 heteroatoms. The number of rotatable bonds is 3. The third kappa shape index (κ3) is 2.47. The summed E-state index contributed by atoms with van der Waals surface area (Å²) in [7, 11) is 0. The summed E-state index contributed by atoms with van der Waals surface area (Å²) >= 11 is 0. The van der Waals surface area contributed by atoms with Crippen LogP contribution >= 0.6 is 0 Å². The molecule has 5 rings (SSSR count). The van der Waals surface area contributed by atoms with Crippen molar-refractivity contribution in [1.29, 1.82) is 0 Å². The molecule has 3 aromatic carbocycles. The number of H-pyrrole nitrogens is 2. The Balaban J connectivity index is 1.90. The highest BCUT2D eigenvalue weighted by Gasteiger charge is 2.28. The number of para-hydroxylation sites is 1. The summed E-state index contributed by atoms with van der Waals surface area (Å²) < 4.78 is 0. The van der Waals surface area contributed by atoms with E-state index in [0.717, 1.165) is 11.4 Å². The molecule has 138 valence electrons. The van der Waals surface area contributed by atoms with Crippen LogP contribution in [0.2, 0.25) is 0 Å². The third-order valence-electron chi connectivity index (χ3n) is 5.84. The molecule has 0 spiro atoms. The molecule has 1 atom stereocenters. The maximum Gasteiger partial charge on any atom is 0.0635 e. The van der Waals surface area contributed by atoms with Gasteiger partial charge in [-0.2, -0.15) is 5.10 Å². The molecule has 0 saturated heterocycles. The molecular formula is C25H23N3. The number of benzene rings is 3. The normalized spacial score (nSPS) is 12.7. The molecule has 28 heavy (non-hydrogen) atoms. The van der Waals surface area contributed by atoms with Gasteiger partial charge in [0.15, 0.2) is 0 Å². The largest absolute Gasteiger partial charge is 0.358 e. The van der Waals surface area contributed by atoms with Crippen molar-refractivity contribution < 1.29 is 0 Å². The van der Waals surface area contributed by atoms with E-state index in [0.29, 0.717) is 0 Å². The zero-order valence-corrected chi connectivity index (χ0v) is 16.4. The van der Waals surface area contributed by atoms with Crippen molar-refractivity contribution in [3.63, 3.8) is 0 Å². The number of hydrogen-bond acceptors (Lipinski definition) is 1. The molecule has 2 N–H and O–H groups in total. The van der Waals surface area contributed by atoms with Crippen LogP contribution in [0.1, 0.15) is 39.7 Å². The summed E-state index contributed by atoms with van der Waals surface area (Å²) in [6.07, 6.45) is 0. The van der Waals surface area contributed by atoms with Gasteiger partial charge in [0.1, 0.15) is 0 Å². The van der Waals surface area contributed by atoms with Crippen LogP contribution in [0.5, 0.6) is 0 Å². The summed E-state index contributed by atoms with van der Waals surface area (Å²) in [5, 5.41) is 11.6. The molecular weight excluding hydrogens is 342 g/mol. The summed E-state index contributed by atoms with van der Waals surface area (Å²) in [6.45, 7) is 6.40. The molecule has 0 radical (unpaired) electrons. The van der Waals surface area contributed by atoms with Gasteiger partial charge in [0.05, 0.1) is 5.69 Å². The Bertz CT molecular complexity index is 1280. The van der Waals surface area contributed by atoms with Crippen LogP contribution in [0.3, 0.4) is 0 Å². The van der Waals surface area contributed by atoms with Gasteiger partial charge < -0.3 is 4.98 Å². The predicted molar refractivity (Wildman–Crippen MR) is 116 cm³/mol. The van der Waals surface area contributed by atoms with E-state index in [1.165, 1.54) is 44.1 Å². The molecule has 0 unspecified atom stereocenters. The van der Waals surface area contributed by atoms with Crippen molar-refractivity contribution in [2.75, 3.05) is 0 Å². The highest BCUT2D eigenvalue weighted by molar-refractivity contribution is 5.91. The fourth-order valence-electron chi connectivity index (χ4n) is 4.61. The molecule has 0 amide bonds. The minimum atomic E-state index is 0.112. The number of aryl methyl sites for hydroxylation is 3. The molecule has 3 nitrogen and oxygen atoms in total. The van der Waals surface area contributed by atoms with Gasteiger partial charge in [-0.3, -0.25) is 5.10 Å². The zero-order chi connectivity index (χ0) is 19.3. The molecule has 0 aliphatic carbocycles. The van der Waals surface area contributed by atoms with Gasteiger partial charge in [0.25, 0.3) is 0 Å². The maximum absolute atomic E-state index is 4.53. The van der Waals surface area contributed by atoms with Crippen LogP contribution < -0.4 is 0 Å². The van der Waals surface area contributed by atoms with E-state index in [2.05, 4.69) is 103 Å². The van der Waals surface area contributed by atoms with Gasteiger partial charge in [0.2, 0.25) is 0 Å². The van der Waals surface area contributed by atoms with E-state index in [4.69, 9.17) is 0 Å². The third-order valence-corrected chi connectivity index (χ3v) is 5.84. The molecule has 0 fully saturated rings. The second-order valence-electron chi connectivity index (χ2n) is 7.56. The Morgan fingerprint density at radius 1 is 0.714 bits per heavy atom. The number of nitrogens with one attached hydrogen (secondary N) is 2. The van der Waals surface area contributed by atoms with Gasteiger partial charge in [0, 0.05) is 33.8 Å². The number of aromatic nitrogens is 3. The van der Waals surface area contributed by atoms with Crippen molar-refractivity contribution in [2.45, 2.75) is 26.7 Å². The maximum atomic E-state index is 4.53. The van der Waals surface area contributed by atoms with E-state index in [-0.39, 0.29) is 5.92 Å². The number of nitrogens with zero attached hydrogens (tertiary/aromatic N) is 1. The number of fused-ring (bicyclic) bond motifs is 2. The molecule has 2 heterocycles. The highest BCUT2D eigenvalue weighted by Crippen LogP contribution is 2.42. The lowest BCUT2D eigenvalue weighted by Crippen LogP contribution is -2.07. The average molecular weight is 365 g/mol. The first kappa shape index (κ1) is 16.8. The molecule has 0 saturated carbocycles. The summed E-state index contributed by atoms with van der Waals surface area (Å²) in [6, 6.07) is 23.8. The van der Waals surface area contributed by atoms with Gasteiger partial charge >= 0.3 is 0 Å². The summed E-state index contributed by atoms with van der Waals surface area (Å²) in [5.74, 6) is 0.112. The first-order valence-electron chi connectivity index (χ1n) is 9.71. The van der Waals surface area contributed by atoms with Crippen LogP contribution in [-0.2, 0) is 0 Å². The van der Waals surface area contributed by atoms with Crippen LogP contribution in [0.25, 0.3) is 21.7 Å². The lowest BCUT2D eigenvalue weighted by atomic mass is 9.80. The van der Waals surface area contributed by atoms with Crippen molar-refractivity contribution in [1.82, 2.24) is 15.2 Å². The Morgan fingerprint density at radius 3 is 2.21 bits per heavy atom. The van der Waals surface area contributed by atoms with Crippen LogP contribution in [0.4, 0.5) is 0 Å². The van der Waals surface area contributed by atoms with Crippen LogP contribution in [0, 0.1) is 20.8 Å². The fourth-order valence-corrected chi connectivity index (χ4v) is 4.61. The Morgan fingerprint density at radius 2 is 1.43 bits per heavy atom. The Labute approximate surface area is 164 Å². The van der Waals surface area contributed by atoms with E-state index in [1.807, 2.05) is 0 Å². The van der Waals surface area contributed by atoms with E-state index >= 15 is 0 Å². The first-order chi connectivity index (χ1) is 13.6. The second-order valence-corrected chi connectivity index (χ2v) is 7.56. The van der Waals surface area contributed by atoms with E-state index in [9.17, 15) is 0 Å². The van der Waals surface area contributed by atoms with Gasteiger partial charge in [-0.15, -0.1) is 0 Å². The molecule has 0 aliphatic rings. The Kier molecular flexibility index (Phi) is 3.83. The van der Waals surface area contributed by atoms with Crippen molar-refractivity contribution in [2.24, 2.45) is 0 Å². The predicted octanol–water partition coefficient (Wildman–Crippen LogP) is 6.15. The number of hydrogen-bond donors (Lipinski definition) is 2. The van der Waals surface area contributed by atoms with E-state index < -0.39 is 0 Å². The summed E-state index contributed by atoms with van der Waals surface area (Å²) in [4.78, 5) is 3.60. The molecule has 2 aromatic heterocycles. The molecule has 0 bridgehead atoms.